The van der Waals surface area contributed by atoms with E-state index in [0.717, 1.165) is 23.6 Å². The Hall–Kier alpha value is -1.98. The molecule has 3 rings (SSSR count). The Balaban J connectivity index is 1.68. The third-order valence-electron chi connectivity index (χ3n) is 5.17. The SMILES string of the molecule is C[C@H](C(=O)O)N1CC[C@@H](Oc2ccccc2Sc2ccc(C(C)(C)C)cc2)C1. The van der Waals surface area contributed by atoms with Crippen LogP contribution in [0.1, 0.15) is 39.7 Å². The Morgan fingerprint density at radius 2 is 1.86 bits per heavy atom. The first-order chi connectivity index (χ1) is 13.2. The normalized spacial score (nSPS) is 18.8. The Labute approximate surface area is 171 Å². The van der Waals surface area contributed by atoms with Crippen LogP contribution in [0.15, 0.2) is 58.3 Å². The molecule has 1 aliphatic heterocycles. The Morgan fingerprint density at radius 1 is 1.18 bits per heavy atom. The molecule has 0 saturated carbocycles. The summed E-state index contributed by atoms with van der Waals surface area (Å²) >= 11 is 1.70. The maximum atomic E-state index is 11.2. The zero-order valence-corrected chi connectivity index (χ0v) is 17.8. The molecular weight excluding hydrogens is 370 g/mol. The molecule has 0 amide bonds. The van der Waals surface area contributed by atoms with E-state index in [2.05, 4.69) is 51.1 Å². The van der Waals surface area contributed by atoms with Crippen LogP contribution in [-0.4, -0.2) is 41.2 Å². The van der Waals surface area contributed by atoms with Crippen molar-refractivity contribution in [3.8, 4) is 5.75 Å². The monoisotopic (exact) mass is 399 g/mol. The van der Waals surface area contributed by atoms with E-state index in [1.165, 1.54) is 10.5 Å². The van der Waals surface area contributed by atoms with Crippen molar-refractivity contribution >= 4 is 17.7 Å². The summed E-state index contributed by atoms with van der Waals surface area (Å²) in [4.78, 5) is 15.4. The van der Waals surface area contributed by atoms with Gasteiger partial charge in [0.1, 0.15) is 17.9 Å². The number of hydrogen-bond acceptors (Lipinski definition) is 4. The molecule has 2 atom stereocenters. The van der Waals surface area contributed by atoms with Crippen LogP contribution < -0.4 is 4.74 Å². The van der Waals surface area contributed by atoms with Crippen LogP contribution in [0.2, 0.25) is 0 Å². The van der Waals surface area contributed by atoms with Crippen LogP contribution in [-0.2, 0) is 10.2 Å². The van der Waals surface area contributed by atoms with Crippen molar-refractivity contribution in [1.29, 1.82) is 0 Å². The summed E-state index contributed by atoms with van der Waals surface area (Å²) in [7, 11) is 0. The molecule has 150 valence electrons. The molecule has 0 spiro atoms. The van der Waals surface area contributed by atoms with Gasteiger partial charge in [-0.3, -0.25) is 9.69 Å². The zero-order chi connectivity index (χ0) is 20.3. The van der Waals surface area contributed by atoms with E-state index in [4.69, 9.17) is 4.74 Å². The molecule has 0 radical (unpaired) electrons. The molecule has 0 unspecified atom stereocenters. The maximum Gasteiger partial charge on any atom is 0.320 e. The van der Waals surface area contributed by atoms with Gasteiger partial charge in [0.15, 0.2) is 0 Å². The molecule has 28 heavy (non-hydrogen) atoms. The van der Waals surface area contributed by atoms with Crippen molar-refractivity contribution < 1.29 is 14.6 Å². The number of hydrogen-bond donors (Lipinski definition) is 1. The van der Waals surface area contributed by atoms with Gasteiger partial charge in [-0.05, 0) is 48.6 Å². The number of para-hydroxylation sites is 1. The lowest BCUT2D eigenvalue weighted by molar-refractivity contribution is -0.142. The van der Waals surface area contributed by atoms with Crippen LogP contribution in [0.4, 0.5) is 0 Å². The molecule has 5 heteroatoms. The smallest absolute Gasteiger partial charge is 0.320 e. The lowest BCUT2D eigenvalue weighted by atomic mass is 9.87. The van der Waals surface area contributed by atoms with Crippen LogP contribution in [0.3, 0.4) is 0 Å². The zero-order valence-electron chi connectivity index (χ0n) is 17.0. The molecule has 1 fully saturated rings. The average Bonchev–Trinajstić information content (AvgIpc) is 3.11. The van der Waals surface area contributed by atoms with Gasteiger partial charge >= 0.3 is 5.97 Å². The second-order valence-corrected chi connectivity index (χ2v) is 9.48. The second-order valence-electron chi connectivity index (χ2n) is 8.36. The van der Waals surface area contributed by atoms with Crippen molar-refractivity contribution in [3.05, 3.63) is 54.1 Å². The fourth-order valence-electron chi connectivity index (χ4n) is 3.32. The third kappa shape index (κ3) is 5.09. The predicted molar refractivity (Wildman–Crippen MR) is 113 cm³/mol. The summed E-state index contributed by atoms with van der Waals surface area (Å²) in [6, 6.07) is 16.3. The maximum absolute atomic E-state index is 11.2. The minimum atomic E-state index is -0.782. The minimum absolute atomic E-state index is 0.0202. The molecular formula is C23H29NO3S. The van der Waals surface area contributed by atoms with E-state index in [-0.39, 0.29) is 11.5 Å². The second kappa shape index (κ2) is 8.58. The summed E-state index contributed by atoms with van der Waals surface area (Å²) < 4.78 is 6.26. The Morgan fingerprint density at radius 3 is 2.50 bits per heavy atom. The van der Waals surface area contributed by atoms with Gasteiger partial charge in [-0.15, -0.1) is 0 Å². The largest absolute Gasteiger partial charge is 0.488 e. The molecule has 1 N–H and O–H groups in total. The molecule has 0 aromatic heterocycles. The highest BCUT2D eigenvalue weighted by Crippen LogP contribution is 2.37. The summed E-state index contributed by atoms with van der Waals surface area (Å²) in [6.07, 6.45) is 0.864. The van der Waals surface area contributed by atoms with Crippen LogP contribution in [0, 0.1) is 0 Å². The molecule has 0 bridgehead atoms. The highest BCUT2D eigenvalue weighted by Gasteiger charge is 2.30. The number of rotatable bonds is 6. The first-order valence-corrected chi connectivity index (χ1v) is 10.6. The molecule has 2 aromatic rings. The van der Waals surface area contributed by atoms with Crippen molar-refractivity contribution in [1.82, 2.24) is 4.90 Å². The van der Waals surface area contributed by atoms with Crippen molar-refractivity contribution in [2.75, 3.05) is 13.1 Å². The van der Waals surface area contributed by atoms with E-state index < -0.39 is 12.0 Å². The molecule has 0 aliphatic carbocycles. The van der Waals surface area contributed by atoms with Crippen LogP contribution in [0.25, 0.3) is 0 Å². The Bertz CT molecular complexity index is 813. The van der Waals surface area contributed by atoms with E-state index in [0.29, 0.717) is 6.54 Å². The standard InChI is InChI=1S/C23H29NO3S/c1-16(22(25)26)24-14-13-18(15-24)27-20-7-5-6-8-21(20)28-19-11-9-17(10-12-19)23(2,3)4/h5-12,16,18H,13-15H2,1-4H3,(H,25,26)/t16-,18-/m1/s1. The van der Waals surface area contributed by atoms with Gasteiger partial charge in [0.2, 0.25) is 0 Å². The lowest BCUT2D eigenvalue weighted by Crippen LogP contribution is -2.38. The van der Waals surface area contributed by atoms with Gasteiger partial charge in [0.25, 0.3) is 0 Å². The third-order valence-corrected chi connectivity index (χ3v) is 6.24. The predicted octanol–water partition coefficient (Wildman–Crippen LogP) is 5.06. The van der Waals surface area contributed by atoms with Crippen molar-refractivity contribution in [2.24, 2.45) is 0 Å². The van der Waals surface area contributed by atoms with Gasteiger partial charge in [-0.2, -0.15) is 0 Å². The van der Waals surface area contributed by atoms with Gasteiger partial charge in [-0.25, -0.2) is 0 Å². The highest BCUT2D eigenvalue weighted by molar-refractivity contribution is 7.99. The molecule has 1 aliphatic rings. The van der Waals surface area contributed by atoms with Gasteiger partial charge in [0.05, 0.1) is 4.90 Å². The first kappa shape index (κ1) is 20.7. The van der Waals surface area contributed by atoms with E-state index in [1.54, 1.807) is 18.7 Å². The van der Waals surface area contributed by atoms with Crippen LogP contribution >= 0.6 is 11.8 Å². The number of benzene rings is 2. The minimum Gasteiger partial charge on any atom is -0.488 e. The number of carboxylic acid groups (broad SMARTS) is 1. The fourth-order valence-corrected chi connectivity index (χ4v) is 4.21. The molecule has 4 nitrogen and oxygen atoms in total. The van der Waals surface area contributed by atoms with Gasteiger partial charge in [0, 0.05) is 18.0 Å². The summed E-state index contributed by atoms with van der Waals surface area (Å²) in [6.45, 7) is 9.78. The number of likely N-dealkylation sites (tertiary alicyclic amines) is 1. The number of carboxylic acids is 1. The van der Waals surface area contributed by atoms with Crippen molar-refractivity contribution in [3.63, 3.8) is 0 Å². The van der Waals surface area contributed by atoms with E-state index in [1.807, 2.05) is 23.1 Å². The topological polar surface area (TPSA) is 49.8 Å². The van der Waals surface area contributed by atoms with Gasteiger partial charge in [-0.1, -0.05) is 56.8 Å². The van der Waals surface area contributed by atoms with Crippen molar-refractivity contribution in [2.45, 2.75) is 61.5 Å². The quantitative estimate of drug-likeness (QED) is 0.736. The first-order valence-electron chi connectivity index (χ1n) is 9.75. The van der Waals surface area contributed by atoms with E-state index in [9.17, 15) is 9.90 Å². The summed E-state index contributed by atoms with van der Waals surface area (Å²) in [5.74, 6) is 0.0811. The number of ether oxygens (including phenoxy) is 1. The molecule has 1 heterocycles. The van der Waals surface area contributed by atoms with Crippen LogP contribution in [0.5, 0.6) is 5.75 Å². The number of carbonyl (C=O) groups is 1. The van der Waals surface area contributed by atoms with E-state index >= 15 is 0 Å². The molecule has 2 aromatic carbocycles. The van der Waals surface area contributed by atoms with Gasteiger partial charge < -0.3 is 9.84 Å². The number of aliphatic carboxylic acids is 1. The highest BCUT2D eigenvalue weighted by atomic mass is 32.2. The lowest BCUT2D eigenvalue weighted by Gasteiger charge is -2.21. The Kier molecular flexibility index (Phi) is 6.36. The molecule has 1 saturated heterocycles. The summed E-state index contributed by atoms with van der Waals surface area (Å²) in [5.41, 5.74) is 1.46. The average molecular weight is 400 g/mol. The number of nitrogens with zero attached hydrogens (tertiary/aromatic N) is 1. The summed E-state index contributed by atoms with van der Waals surface area (Å²) in [5, 5.41) is 9.21. The fraction of sp³-hybridized carbons (Fsp3) is 0.435.